The average molecular weight is 154 g/mol. The molecule has 0 aliphatic carbocycles. The smallest absolute Gasteiger partial charge is 0.123 e. The van der Waals surface area contributed by atoms with Crippen LogP contribution in [0.4, 0.5) is 0 Å². The van der Waals surface area contributed by atoms with Gasteiger partial charge >= 0.3 is 0 Å². The van der Waals surface area contributed by atoms with E-state index in [1.807, 2.05) is 13.1 Å². The molecule has 1 rings (SSSR count). The molecule has 1 aromatic rings. The van der Waals surface area contributed by atoms with Crippen LogP contribution < -0.4 is 5.45 Å². The third-order valence-electron chi connectivity index (χ3n) is 1.42. The topological polar surface area (TPSA) is 28.7 Å². The van der Waals surface area contributed by atoms with E-state index in [1.54, 1.807) is 0 Å². The van der Waals surface area contributed by atoms with Gasteiger partial charge in [0.1, 0.15) is 8.07 Å². The fourth-order valence-electron chi connectivity index (χ4n) is 0.798. The van der Waals surface area contributed by atoms with Crippen LogP contribution in [-0.2, 0) is 0 Å². The van der Waals surface area contributed by atoms with Crippen LogP contribution >= 0.6 is 0 Å². The maximum atomic E-state index is 4.39. The molecule has 1 N–H and O–H groups in total. The van der Waals surface area contributed by atoms with Gasteiger partial charge in [-0.15, -0.1) is 0 Å². The highest BCUT2D eigenvalue weighted by molar-refractivity contribution is 6.87. The molecule has 0 aromatic carbocycles. The third-order valence-corrected chi connectivity index (χ3v) is 3.09. The van der Waals surface area contributed by atoms with E-state index in [0.29, 0.717) is 0 Å². The van der Waals surface area contributed by atoms with Gasteiger partial charge in [0, 0.05) is 6.20 Å². The van der Waals surface area contributed by atoms with E-state index >= 15 is 0 Å². The molecule has 0 aliphatic heterocycles. The summed E-state index contributed by atoms with van der Waals surface area (Å²) >= 11 is 0. The van der Waals surface area contributed by atoms with Gasteiger partial charge in [0.2, 0.25) is 0 Å². The zero-order chi connectivity index (χ0) is 7.78. The van der Waals surface area contributed by atoms with Gasteiger partial charge < -0.3 is 4.98 Å². The number of nitrogens with zero attached hydrogens (tertiary/aromatic N) is 1. The van der Waals surface area contributed by atoms with Crippen LogP contribution in [0.3, 0.4) is 0 Å². The monoisotopic (exact) mass is 154 g/mol. The molecule has 0 amide bonds. The standard InChI is InChI=1S/C7H14N2Si/c1-6-5-8-7(9-6)10(2,3)4/h5H,1-4H3,(H,8,9). The van der Waals surface area contributed by atoms with Gasteiger partial charge in [0.15, 0.2) is 0 Å². The van der Waals surface area contributed by atoms with E-state index in [2.05, 4.69) is 29.6 Å². The summed E-state index contributed by atoms with van der Waals surface area (Å²) in [4.78, 5) is 7.58. The second-order valence-electron chi connectivity index (χ2n) is 3.64. The van der Waals surface area contributed by atoms with Crippen LogP contribution in [0, 0.1) is 6.92 Å². The summed E-state index contributed by atoms with van der Waals surface area (Å²) in [7, 11) is -1.18. The van der Waals surface area contributed by atoms with E-state index in [9.17, 15) is 0 Å². The third kappa shape index (κ3) is 1.47. The van der Waals surface area contributed by atoms with Crippen LogP contribution in [0.25, 0.3) is 0 Å². The van der Waals surface area contributed by atoms with E-state index in [4.69, 9.17) is 0 Å². The molecule has 2 nitrogen and oxygen atoms in total. The van der Waals surface area contributed by atoms with Crippen molar-refractivity contribution in [1.82, 2.24) is 9.97 Å². The number of aryl methyl sites for hydroxylation is 1. The summed E-state index contributed by atoms with van der Waals surface area (Å²) in [5, 5.41) is 0. The fourth-order valence-corrected chi connectivity index (χ4v) is 1.81. The van der Waals surface area contributed by atoms with Crippen LogP contribution in [0.1, 0.15) is 5.69 Å². The van der Waals surface area contributed by atoms with Gasteiger partial charge in [0.05, 0.1) is 11.1 Å². The number of imidazole rings is 1. The first-order chi connectivity index (χ1) is 4.50. The molecule has 0 saturated heterocycles. The highest BCUT2D eigenvalue weighted by Crippen LogP contribution is 1.98. The molecule has 3 heteroatoms. The maximum absolute atomic E-state index is 4.39. The molecule has 0 atom stereocenters. The van der Waals surface area contributed by atoms with Crippen molar-refractivity contribution in [3.8, 4) is 0 Å². The van der Waals surface area contributed by atoms with Crippen molar-refractivity contribution in [2.24, 2.45) is 0 Å². The van der Waals surface area contributed by atoms with Crippen molar-refractivity contribution in [2.75, 3.05) is 0 Å². The Morgan fingerprint density at radius 2 is 2.00 bits per heavy atom. The molecule has 10 heavy (non-hydrogen) atoms. The lowest BCUT2D eigenvalue weighted by Gasteiger charge is -2.10. The summed E-state index contributed by atoms with van der Waals surface area (Å²) in [6, 6.07) is 0. The Hall–Kier alpha value is -0.573. The van der Waals surface area contributed by atoms with Crippen molar-refractivity contribution in [1.29, 1.82) is 0 Å². The molecule has 1 heterocycles. The number of nitrogens with one attached hydrogen (secondary N) is 1. The Balaban J connectivity index is 2.96. The number of hydrogen-bond acceptors (Lipinski definition) is 1. The molecule has 0 aliphatic rings. The molecule has 0 unspecified atom stereocenters. The predicted octanol–water partition coefficient (Wildman–Crippen LogP) is 1.26. The van der Waals surface area contributed by atoms with Crippen molar-refractivity contribution in [3.63, 3.8) is 0 Å². The molecule has 1 aromatic heterocycles. The largest absolute Gasteiger partial charge is 0.352 e. The zero-order valence-electron chi connectivity index (χ0n) is 7.02. The first kappa shape index (κ1) is 7.53. The van der Waals surface area contributed by atoms with E-state index in [1.165, 1.54) is 5.45 Å². The molecular formula is C7H14N2Si. The van der Waals surface area contributed by atoms with Gasteiger partial charge in [-0.1, -0.05) is 19.6 Å². The lowest BCUT2D eigenvalue weighted by molar-refractivity contribution is 1.28. The van der Waals surface area contributed by atoms with Gasteiger partial charge in [-0.3, -0.25) is 0 Å². The molecular weight excluding hydrogens is 140 g/mol. The fraction of sp³-hybridized carbons (Fsp3) is 0.571. The Labute approximate surface area is 62.7 Å². The van der Waals surface area contributed by atoms with Crippen LogP contribution in [0.5, 0.6) is 0 Å². The maximum Gasteiger partial charge on any atom is 0.123 e. The number of aromatic nitrogens is 2. The van der Waals surface area contributed by atoms with Crippen LogP contribution in [0.2, 0.25) is 19.6 Å². The Morgan fingerprint density at radius 3 is 2.20 bits per heavy atom. The lowest BCUT2D eigenvalue weighted by atomic mass is 10.6. The van der Waals surface area contributed by atoms with E-state index in [-0.39, 0.29) is 0 Å². The van der Waals surface area contributed by atoms with Crippen molar-refractivity contribution < 1.29 is 0 Å². The summed E-state index contributed by atoms with van der Waals surface area (Å²) in [5.74, 6) is 0. The highest BCUT2D eigenvalue weighted by atomic mass is 28.3. The number of rotatable bonds is 1. The minimum absolute atomic E-state index is 1.09. The lowest BCUT2D eigenvalue weighted by Crippen LogP contribution is -2.40. The van der Waals surface area contributed by atoms with Crippen molar-refractivity contribution in [2.45, 2.75) is 26.6 Å². The second kappa shape index (κ2) is 2.23. The molecule has 0 bridgehead atoms. The zero-order valence-corrected chi connectivity index (χ0v) is 8.02. The normalized spacial score (nSPS) is 12.0. The van der Waals surface area contributed by atoms with Gasteiger partial charge in [-0.25, -0.2) is 4.98 Å². The minimum Gasteiger partial charge on any atom is -0.352 e. The molecule has 0 fully saturated rings. The summed E-state index contributed by atoms with van der Waals surface area (Å²) in [5.41, 5.74) is 2.29. The SMILES string of the molecule is Cc1c[nH]c([Si](C)(C)C)n1. The molecule has 0 saturated carbocycles. The molecule has 56 valence electrons. The van der Waals surface area contributed by atoms with Crippen LogP contribution in [0.15, 0.2) is 6.20 Å². The Bertz CT molecular complexity index is 222. The highest BCUT2D eigenvalue weighted by Gasteiger charge is 2.19. The van der Waals surface area contributed by atoms with Gasteiger partial charge in [-0.05, 0) is 6.92 Å². The van der Waals surface area contributed by atoms with Crippen LogP contribution in [-0.4, -0.2) is 18.0 Å². The predicted molar refractivity (Wildman–Crippen MR) is 46.3 cm³/mol. The summed E-state index contributed by atoms with van der Waals surface area (Å²) in [6.07, 6.45) is 1.97. The first-order valence-electron chi connectivity index (χ1n) is 3.52. The quantitative estimate of drug-likeness (QED) is 0.606. The minimum atomic E-state index is -1.18. The molecule has 0 spiro atoms. The summed E-state index contributed by atoms with van der Waals surface area (Å²) in [6.45, 7) is 8.86. The van der Waals surface area contributed by atoms with Crippen molar-refractivity contribution >= 4 is 13.5 Å². The second-order valence-corrected chi connectivity index (χ2v) is 8.61. The summed E-state index contributed by atoms with van der Waals surface area (Å²) < 4.78 is 0. The van der Waals surface area contributed by atoms with Crippen molar-refractivity contribution in [3.05, 3.63) is 11.9 Å². The van der Waals surface area contributed by atoms with Gasteiger partial charge in [0.25, 0.3) is 0 Å². The number of H-pyrrole nitrogens is 1. The molecule has 0 radical (unpaired) electrons. The Kier molecular flexibility index (Phi) is 1.68. The van der Waals surface area contributed by atoms with Gasteiger partial charge in [-0.2, -0.15) is 0 Å². The number of hydrogen-bond donors (Lipinski definition) is 1. The average Bonchev–Trinajstić information content (AvgIpc) is 2.11. The first-order valence-corrected chi connectivity index (χ1v) is 7.02. The number of aromatic amines is 1. The van der Waals surface area contributed by atoms with E-state index < -0.39 is 8.07 Å². The van der Waals surface area contributed by atoms with E-state index in [0.717, 1.165) is 5.69 Å². The Morgan fingerprint density at radius 1 is 1.40 bits per heavy atom.